The van der Waals surface area contributed by atoms with E-state index in [0.29, 0.717) is 44.4 Å². The molecule has 0 N–H and O–H groups in total. The molecule has 0 atom stereocenters. The molecule has 0 aromatic rings. The van der Waals surface area contributed by atoms with Gasteiger partial charge in [0.25, 0.3) is 0 Å². The summed E-state index contributed by atoms with van der Waals surface area (Å²) >= 11 is 0. The van der Waals surface area contributed by atoms with Gasteiger partial charge in [-0.2, -0.15) is 0 Å². The molecule has 272 valence electrons. The van der Waals surface area contributed by atoms with Crippen LogP contribution in [-0.2, 0) is 29.1 Å². The van der Waals surface area contributed by atoms with E-state index in [1.165, 1.54) is 17.1 Å². The number of rotatable bonds is 0. The molecule has 4 rings (SSSR count). The van der Waals surface area contributed by atoms with Crippen molar-refractivity contribution in [1.82, 2.24) is 19.0 Å². The first-order valence-electron chi connectivity index (χ1n) is 17.4. The molecule has 0 radical (unpaired) electrons. The second-order valence-corrected chi connectivity index (χ2v) is 11.9. The minimum Gasteiger partial charge on any atom is -0.449 e. The van der Waals surface area contributed by atoms with Crippen LogP contribution in [-0.4, -0.2) is 125 Å². The molecule has 0 unspecified atom stereocenters. The van der Waals surface area contributed by atoms with E-state index in [1.807, 2.05) is 67.3 Å². The molecule has 0 saturated carbocycles. The van der Waals surface area contributed by atoms with Crippen LogP contribution < -0.4 is 0 Å². The zero-order chi connectivity index (χ0) is 35.7. The monoisotopic (exact) mass is 669 g/mol. The Morgan fingerprint density at radius 2 is 1.00 bits per heavy atom. The Morgan fingerprint density at radius 1 is 0.511 bits per heavy atom. The van der Waals surface area contributed by atoms with Crippen molar-refractivity contribution in [3.63, 3.8) is 0 Å². The van der Waals surface area contributed by atoms with Crippen LogP contribution >= 0.6 is 0 Å². The van der Waals surface area contributed by atoms with Crippen LogP contribution in [0, 0.1) is 0 Å². The highest BCUT2D eigenvalue weighted by atomic mass is 32.2. The first-order valence-corrected chi connectivity index (χ1v) is 19.0. The number of likely N-dealkylation sites (N-methyl/N-ethyl adjacent to an activating group) is 1. The van der Waals surface area contributed by atoms with E-state index < -0.39 is 10.0 Å². The summed E-state index contributed by atoms with van der Waals surface area (Å²) in [5.74, 6) is 0.837. The van der Waals surface area contributed by atoms with Gasteiger partial charge in [0, 0.05) is 60.8 Å². The SMILES string of the molecule is CC.CC.CC.CC.CN1CCCCCC1=O.CN1CCCCCS1(=O)=O.CN1CCCCOC1=O.CN1CCOCCC1=O. The van der Waals surface area contributed by atoms with Crippen molar-refractivity contribution in [1.29, 1.82) is 0 Å². The van der Waals surface area contributed by atoms with Crippen molar-refractivity contribution < 1.29 is 32.3 Å². The fourth-order valence-corrected chi connectivity index (χ4v) is 5.09. The van der Waals surface area contributed by atoms with E-state index in [4.69, 9.17) is 9.47 Å². The highest BCUT2D eigenvalue weighted by Gasteiger charge is 2.19. The summed E-state index contributed by atoms with van der Waals surface area (Å²) in [5.41, 5.74) is 0. The van der Waals surface area contributed by atoms with E-state index in [2.05, 4.69) is 0 Å². The average molecular weight is 669 g/mol. The molecule has 0 aliphatic carbocycles. The number of amides is 3. The summed E-state index contributed by atoms with van der Waals surface area (Å²) in [6, 6.07) is 0. The quantitative estimate of drug-likeness (QED) is 0.299. The molecule has 12 heteroatoms. The predicted molar refractivity (Wildman–Crippen MR) is 188 cm³/mol. The van der Waals surface area contributed by atoms with Gasteiger partial charge >= 0.3 is 6.09 Å². The summed E-state index contributed by atoms with van der Waals surface area (Å²) in [7, 11) is 4.23. The third-order valence-corrected chi connectivity index (χ3v) is 8.48. The fourth-order valence-electron chi connectivity index (χ4n) is 3.80. The fraction of sp³-hybridized carbons (Fsp3) is 0.909. The second-order valence-electron chi connectivity index (χ2n) is 9.74. The Morgan fingerprint density at radius 3 is 1.62 bits per heavy atom. The highest BCUT2D eigenvalue weighted by molar-refractivity contribution is 7.89. The average Bonchev–Trinajstić information content (AvgIpc) is 3.53. The smallest absolute Gasteiger partial charge is 0.409 e. The number of likely N-dealkylation sites (tertiary alicyclic amines) is 1. The zero-order valence-electron chi connectivity index (χ0n) is 31.3. The largest absolute Gasteiger partial charge is 0.449 e. The van der Waals surface area contributed by atoms with E-state index in [1.54, 1.807) is 30.9 Å². The normalized spacial score (nSPS) is 19.6. The number of hydrogen-bond donors (Lipinski definition) is 0. The Bertz CT molecular complexity index is 731. The standard InChI is InChI=1S/C7H13NO.C6H13NO2S.2C6H11NO2.4C2H6/c1-8-6-4-2-3-5-7(8)9;1-7-5-3-2-4-6-10(7,8)9;1-7-3-5-9-4-2-6(7)8;1-7-4-2-3-5-9-6(7)8;4*1-2/h2-6H2,1H3;2-6H2,1H3;2*2-5H2,1H3;4*1-2H3. The molecule has 0 aromatic heterocycles. The first kappa shape index (κ1) is 49.9. The molecule has 4 heterocycles. The van der Waals surface area contributed by atoms with Crippen molar-refractivity contribution in [3.05, 3.63) is 0 Å². The summed E-state index contributed by atoms with van der Waals surface area (Å²) in [5, 5.41) is 0. The predicted octanol–water partition coefficient (Wildman–Crippen LogP) is 6.27. The van der Waals surface area contributed by atoms with Crippen molar-refractivity contribution in [2.45, 2.75) is 120 Å². The van der Waals surface area contributed by atoms with Gasteiger partial charge in [0.15, 0.2) is 0 Å². The molecule has 0 aromatic carbocycles. The van der Waals surface area contributed by atoms with E-state index in [-0.39, 0.29) is 12.0 Å². The topological polar surface area (TPSA) is 117 Å². The van der Waals surface area contributed by atoms with Crippen LogP contribution in [0.4, 0.5) is 4.79 Å². The van der Waals surface area contributed by atoms with Gasteiger partial charge < -0.3 is 24.2 Å². The van der Waals surface area contributed by atoms with E-state index in [0.717, 1.165) is 64.6 Å². The Hall–Kier alpha value is -1.92. The number of carbonyl (C=O) groups excluding carboxylic acids is 3. The molecular weight excluding hydrogens is 596 g/mol. The van der Waals surface area contributed by atoms with Crippen molar-refractivity contribution >= 4 is 27.9 Å². The van der Waals surface area contributed by atoms with Gasteiger partial charge in [-0.3, -0.25) is 9.59 Å². The molecule has 3 amide bonds. The molecule has 4 fully saturated rings. The lowest BCUT2D eigenvalue weighted by atomic mass is 10.2. The van der Waals surface area contributed by atoms with E-state index in [9.17, 15) is 22.8 Å². The third kappa shape index (κ3) is 28.1. The molecule has 4 saturated heterocycles. The lowest BCUT2D eigenvalue weighted by Crippen LogP contribution is -2.27. The maximum Gasteiger partial charge on any atom is 0.409 e. The second kappa shape index (κ2) is 34.9. The number of hydrogen-bond acceptors (Lipinski definition) is 7. The van der Waals surface area contributed by atoms with Gasteiger partial charge in [0.05, 0.1) is 32.0 Å². The molecule has 0 spiro atoms. The molecule has 4 aliphatic heterocycles. The number of cyclic esters (lactones) is 1. The summed E-state index contributed by atoms with van der Waals surface area (Å²) in [4.78, 5) is 37.6. The number of nitrogens with zero attached hydrogens (tertiary/aromatic N) is 4. The minimum atomic E-state index is -2.86. The molecule has 0 bridgehead atoms. The number of carbonyl (C=O) groups is 3. The van der Waals surface area contributed by atoms with Gasteiger partial charge in [-0.1, -0.05) is 68.2 Å². The molecule has 11 nitrogen and oxygen atoms in total. The van der Waals surface area contributed by atoms with Gasteiger partial charge in [0.1, 0.15) is 0 Å². The Labute approximate surface area is 278 Å². The Kier molecular flexibility index (Phi) is 38.8. The summed E-state index contributed by atoms with van der Waals surface area (Å²) in [6.45, 7) is 21.1. The zero-order valence-corrected chi connectivity index (χ0v) is 32.1. The molecular formula is C33H72N4O7S. The molecule has 45 heavy (non-hydrogen) atoms. The van der Waals surface area contributed by atoms with Gasteiger partial charge in [-0.25, -0.2) is 17.5 Å². The molecule has 4 aliphatic rings. The van der Waals surface area contributed by atoms with Crippen molar-refractivity contribution in [3.8, 4) is 0 Å². The lowest BCUT2D eigenvalue weighted by molar-refractivity contribution is -0.130. The van der Waals surface area contributed by atoms with Crippen molar-refractivity contribution in [2.24, 2.45) is 0 Å². The van der Waals surface area contributed by atoms with Crippen LogP contribution in [0.5, 0.6) is 0 Å². The van der Waals surface area contributed by atoms with Gasteiger partial charge in [-0.15, -0.1) is 0 Å². The van der Waals surface area contributed by atoms with Crippen LogP contribution in [0.25, 0.3) is 0 Å². The maximum atomic E-state index is 11.1. The third-order valence-electron chi connectivity index (χ3n) is 6.54. The Balaban J connectivity index is -0.000000231. The highest BCUT2D eigenvalue weighted by Crippen LogP contribution is 2.11. The maximum absolute atomic E-state index is 11.1. The van der Waals surface area contributed by atoms with Crippen LogP contribution in [0.2, 0.25) is 0 Å². The number of ether oxygens (including phenoxy) is 2. The van der Waals surface area contributed by atoms with Crippen LogP contribution in [0.3, 0.4) is 0 Å². The lowest BCUT2D eigenvalue weighted by Gasteiger charge is -2.11. The summed E-state index contributed by atoms with van der Waals surface area (Å²) < 4.78 is 33.6. The minimum absolute atomic E-state index is 0.187. The number of sulfonamides is 1. The first-order chi connectivity index (χ1) is 21.5. The van der Waals surface area contributed by atoms with Gasteiger partial charge in [0.2, 0.25) is 21.8 Å². The van der Waals surface area contributed by atoms with Crippen molar-refractivity contribution in [2.75, 3.05) is 79.9 Å². The van der Waals surface area contributed by atoms with Gasteiger partial charge in [-0.05, 0) is 38.5 Å². The van der Waals surface area contributed by atoms with Crippen LogP contribution in [0.15, 0.2) is 0 Å². The summed E-state index contributed by atoms with van der Waals surface area (Å²) in [6.07, 6.45) is 9.53. The van der Waals surface area contributed by atoms with E-state index >= 15 is 0 Å². The van der Waals surface area contributed by atoms with Crippen LogP contribution in [0.1, 0.15) is 120 Å².